The van der Waals surface area contributed by atoms with E-state index in [4.69, 9.17) is 18.9 Å². The van der Waals surface area contributed by atoms with Crippen LogP contribution in [0.1, 0.15) is 226 Å². The summed E-state index contributed by atoms with van der Waals surface area (Å²) in [5.41, 5.74) is 3.30. The van der Waals surface area contributed by atoms with E-state index in [0.717, 1.165) is 57.8 Å². The van der Waals surface area contributed by atoms with Crippen LogP contribution < -0.4 is 0 Å². The zero-order valence-electron chi connectivity index (χ0n) is 37.8. The SMILES string of the molecule is CCCCCCCC=C=CCCCCCCCC(=O)O[C@@H](COC(=O)CCCCCCCCCCCCCCCCCCCCC)CO[C@H]1O[C@@H](CO)[C@@H](O)C(O)C1O. The van der Waals surface area contributed by atoms with Crippen molar-refractivity contribution in [2.24, 2.45) is 0 Å². The van der Waals surface area contributed by atoms with E-state index < -0.39 is 49.4 Å². The summed E-state index contributed by atoms with van der Waals surface area (Å²) < 4.78 is 22.2. The van der Waals surface area contributed by atoms with Gasteiger partial charge >= 0.3 is 11.9 Å². The van der Waals surface area contributed by atoms with Crippen molar-refractivity contribution in [1.82, 2.24) is 0 Å². The first-order valence-corrected chi connectivity index (χ1v) is 24.5. The van der Waals surface area contributed by atoms with E-state index in [9.17, 15) is 30.0 Å². The van der Waals surface area contributed by atoms with Gasteiger partial charge in [0.15, 0.2) is 12.4 Å². The summed E-state index contributed by atoms with van der Waals surface area (Å²) in [5, 5.41) is 40.1. The van der Waals surface area contributed by atoms with Crippen molar-refractivity contribution in [3.63, 3.8) is 0 Å². The molecule has 0 radical (unpaired) electrons. The lowest BCUT2D eigenvalue weighted by Crippen LogP contribution is -2.59. The smallest absolute Gasteiger partial charge is 0.306 e. The van der Waals surface area contributed by atoms with Crippen LogP contribution >= 0.6 is 0 Å². The fraction of sp³-hybridized carbons (Fsp3) is 0.898. The molecule has 6 atom stereocenters. The van der Waals surface area contributed by atoms with Crippen LogP contribution in [-0.2, 0) is 28.5 Å². The quantitative estimate of drug-likeness (QED) is 0.0266. The summed E-state index contributed by atoms with van der Waals surface area (Å²) in [4.78, 5) is 25.4. The molecule has 0 aromatic carbocycles. The van der Waals surface area contributed by atoms with Crippen molar-refractivity contribution in [1.29, 1.82) is 0 Å². The van der Waals surface area contributed by atoms with Crippen LogP contribution in [0.2, 0.25) is 0 Å². The average molecular weight is 839 g/mol. The van der Waals surface area contributed by atoms with Crippen LogP contribution in [0.25, 0.3) is 0 Å². The minimum absolute atomic E-state index is 0.213. The van der Waals surface area contributed by atoms with Crippen molar-refractivity contribution >= 4 is 11.9 Å². The lowest BCUT2D eigenvalue weighted by atomic mass is 9.99. The fourth-order valence-electron chi connectivity index (χ4n) is 7.52. The topological polar surface area (TPSA) is 152 Å². The second kappa shape index (κ2) is 40.3. The second-order valence-corrected chi connectivity index (χ2v) is 17.0. The first kappa shape index (κ1) is 55.2. The summed E-state index contributed by atoms with van der Waals surface area (Å²) in [5.74, 6) is -0.816. The molecule has 10 heteroatoms. The molecule has 2 unspecified atom stereocenters. The highest BCUT2D eigenvalue weighted by atomic mass is 16.7. The molecule has 1 aliphatic rings. The molecule has 0 amide bonds. The van der Waals surface area contributed by atoms with Gasteiger partial charge in [0.25, 0.3) is 0 Å². The number of aliphatic hydroxyl groups is 4. The van der Waals surface area contributed by atoms with E-state index in [0.29, 0.717) is 6.42 Å². The maximum absolute atomic E-state index is 12.8. The molecule has 1 rings (SSSR count). The number of carbonyl (C=O) groups excluding carboxylic acids is 2. The monoisotopic (exact) mass is 839 g/mol. The number of esters is 2. The predicted molar refractivity (Wildman–Crippen MR) is 237 cm³/mol. The van der Waals surface area contributed by atoms with Gasteiger partial charge in [0.1, 0.15) is 31.0 Å². The Bertz CT molecular complexity index is 1030. The molecule has 0 saturated carbocycles. The Morgan fingerprint density at radius 3 is 1.39 bits per heavy atom. The van der Waals surface area contributed by atoms with Crippen molar-refractivity contribution < 1.29 is 49.0 Å². The second-order valence-electron chi connectivity index (χ2n) is 17.0. The minimum Gasteiger partial charge on any atom is -0.462 e. The largest absolute Gasteiger partial charge is 0.462 e. The third-order valence-electron chi connectivity index (χ3n) is 11.4. The molecule has 59 heavy (non-hydrogen) atoms. The van der Waals surface area contributed by atoms with E-state index >= 15 is 0 Å². The highest BCUT2D eigenvalue weighted by Crippen LogP contribution is 2.23. The van der Waals surface area contributed by atoms with Crippen LogP contribution in [0.3, 0.4) is 0 Å². The molecule has 0 aliphatic carbocycles. The Morgan fingerprint density at radius 1 is 0.542 bits per heavy atom. The lowest BCUT2D eigenvalue weighted by Gasteiger charge is -2.39. The Kier molecular flexibility index (Phi) is 37.7. The highest BCUT2D eigenvalue weighted by molar-refractivity contribution is 5.70. The van der Waals surface area contributed by atoms with Gasteiger partial charge in [0, 0.05) is 12.8 Å². The molecule has 0 bridgehead atoms. The third kappa shape index (κ3) is 31.7. The molecule has 346 valence electrons. The first-order valence-electron chi connectivity index (χ1n) is 24.5. The number of aliphatic hydroxyl groups excluding tert-OH is 4. The van der Waals surface area contributed by atoms with Gasteiger partial charge in [0.05, 0.1) is 13.2 Å². The van der Waals surface area contributed by atoms with Gasteiger partial charge in [-0.15, -0.1) is 5.73 Å². The highest BCUT2D eigenvalue weighted by Gasteiger charge is 2.44. The summed E-state index contributed by atoms with van der Waals surface area (Å²) in [6, 6.07) is 0. The molecular weight excluding hydrogens is 749 g/mol. The van der Waals surface area contributed by atoms with Crippen molar-refractivity contribution in [3.8, 4) is 0 Å². The summed E-state index contributed by atoms with van der Waals surface area (Å²) in [7, 11) is 0. The minimum atomic E-state index is -1.60. The Labute approximate surface area is 360 Å². The molecule has 1 saturated heterocycles. The molecule has 0 spiro atoms. The maximum atomic E-state index is 12.8. The molecular formula is C49H90O10. The number of carbonyl (C=O) groups is 2. The predicted octanol–water partition coefficient (Wildman–Crippen LogP) is 10.9. The summed E-state index contributed by atoms with van der Waals surface area (Å²) >= 11 is 0. The first-order chi connectivity index (χ1) is 28.8. The van der Waals surface area contributed by atoms with Gasteiger partial charge in [0.2, 0.25) is 0 Å². The molecule has 0 aromatic heterocycles. The Hall–Kier alpha value is -1.78. The van der Waals surface area contributed by atoms with Gasteiger partial charge in [-0.2, -0.15) is 0 Å². The van der Waals surface area contributed by atoms with Gasteiger partial charge in [-0.05, 0) is 50.7 Å². The van der Waals surface area contributed by atoms with Crippen LogP contribution in [0.5, 0.6) is 0 Å². The Balaban J connectivity index is 2.28. The van der Waals surface area contributed by atoms with E-state index in [1.807, 2.05) is 0 Å². The van der Waals surface area contributed by atoms with Crippen LogP contribution in [0, 0.1) is 0 Å². The maximum Gasteiger partial charge on any atom is 0.306 e. The zero-order chi connectivity index (χ0) is 43.0. The number of unbranched alkanes of at least 4 members (excludes halogenated alkanes) is 28. The van der Waals surface area contributed by atoms with E-state index in [1.54, 1.807) is 0 Å². The van der Waals surface area contributed by atoms with Crippen molar-refractivity contribution in [2.75, 3.05) is 19.8 Å². The van der Waals surface area contributed by atoms with Crippen LogP contribution in [-0.4, -0.2) is 89.0 Å². The van der Waals surface area contributed by atoms with E-state index in [2.05, 4.69) is 31.7 Å². The normalized spacial score (nSPS) is 19.6. The number of hydrogen-bond donors (Lipinski definition) is 4. The molecule has 1 heterocycles. The molecule has 1 fully saturated rings. The number of ether oxygens (including phenoxy) is 4. The standard InChI is InChI=1S/C49H90O10/c1-3-5-7-9-11-13-15-17-19-20-21-22-24-25-27-29-31-33-35-37-44(51)56-40-42(41-57-49-48(55)47(54)46(53)43(39-50)59-49)58-45(52)38-36-34-32-30-28-26-23-18-16-14-12-10-8-6-4-2/h16,23,42-43,46-50,53-55H,3-15,17,19-22,24-41H2,1-2H3/t18?,42-,43-,46+,47?,48?,49-/m0/s1. The van der Waals surface area contributed by atoms with Crippen LogP contribution in [0.4, 0.5) is 0 Å². The average Bonchev–Trinajstić information content (AvgIpc) is 3.23. The summed E-state index contributed by atoms with van der Waals surface area (Å²) in [6.07, 6.45) is 34.2. The van der Waals surface area contributed by atoms with E-state index in [-0.39, 0.29) is 32.0 Å². The molecule has 4 N–H and O–H groups in total. The number of hydrogen-bond acceptors (Lipinski definition) is 10. The van der Waals surface area contributed by atoms with Gasteiger partial charge < -0.3 is 39.4 Å². The zero-order valence-corrected chi connectivity index (χ0v) is 37.8. The van der Waals surface area contributed by atoms with E-state index in [1.165, 1.54) is 135 Å². The van der Waals surface area contributed by atoms with Gasteiger partial charge in [-0.25, -0.2) is 0 Å². The van der Waals surface area contributed by atoms with Gasteiger partial charge in [-0.3, -0.25) is 9.59 Å². The third-order valence-corrected chi connectivity index (χ3v) is 11.4. The Morgan fingerprint density at radius 2 is 0.949 bits per heavy atom. The van der Waals surface area contributed by atoms with Crippen LogP contribution in [0.15, 0.2) is 17.9 Å². The molecule has 0 aromatic rings. The lowest BCUT2D eigenvalue weighted by molar-refractivity contribution is -0.305. The van der Waals surface area contributed by atoms with Crippen molar-refractivity contribution in [3.05, 3.63) is 17.9 Å². The van der Waals surface area contributed by atoms with Gasteiger partial charge in [-0.1, -0.05) is 174 Å². The fourth-order valence-corrected chi connectivity index (χ4v) is 7.52. The number of allylic oxidation sites excluding steroid dienone is 1. The number of rotatable bonds is 41. The van der Waals surface area contributed by atoms with Crippen molar-refractivity contribution in [2.45, 2.75) is 263 Å². The molecule has 10 nitrogen and oxygen atoms in total. The molecule has 1 aliphatic heterocycles. The summed E-state index contributed by atoms with van der Waals surface area (Å²) in [6.45, 7) is 3.42.